The van der Waals surface area contributed by atoms with Gasteiger partial charge in [-0.15, -0.1) is 0 Å². The molecule has 1 aliphatic rings. The molecule has 1 fully saturated rings. The Labute approximate surface area is 95.9 Å². The number of rotatable bonds is 2. The van der Waals surface area contributed by atoms with Crippen LogP contribution in [-0.4, -0.2) is 35.2 Å². The van der Waals surface area contributed by atoms with Gasteiger partial charge >= 0.3 is 7.12 Å². The predicted octanol–water partition coefficient (Wildman–Crippen LogP) is -0.463. The number of nitrogens with one attached hydrogen (secondary N) is 1. The summed E-state index contributed by atoms with van der Waals surface area (Å²) in [5.74, 6) is 0.443. The first-order valence-electron chi connectivity index (χ1n) is 5.72. The first kappa shape index (κ1) is 11.6. The number of piperidine rings is 1. The number of hydrogen-bond donors (Lipinski definition) is 3. The van der Waals surface area contributed by atoms with Crippen LogP contribution >= 0.6 is 0 Å². The summed E-state index contributed by atoms with van der Waals surface area (Å²) < 4.78 is 0. The number of hydrogen-bond acceptors (Lipinski definition) is 4. The molecule has 2 heterocycles. The molecule has 16 heavy (non-hydrogen) atoms. The van der Waals surface area contributed by atoms with Crippen LogP contribution in [0.25, 0.3) is 0 Å². The molecule has 1 aliphatic heterocycles. The van der Waals surface area contributed by atoms with Crippen molar-refractivity contribution in [2.24, 2.45) is 0 Å². The number of nitrogens with zero attached hydrogens (tertiary/aromatic N) is 1. The SMILES string of the molecule is Cc1cc(B(O)O)cc(C2CCNCC2)n1. The van der Waals surface area contributed by atoms with Crippen LogP contribution in [0.15, 0.2) is 12.1 Å². The summed E-state index contributed by atoms with van der Waals surface area (Å²) in [6.07, 6.45) is 2.13. The van der Waals surface area contributed by atoms with E-state index in [9.17, 15) is 10.0 Å². The van der Waals surface area contributed by atoms with Crippen LogP contribution in [0.5, 0.6) is 0 Å². The summed E-state index contributed by atoms with van der Waals surface area (Å²) in [4.78, 5) is 4.49. The van der Waals surface area contributed by atoms with Gasteiger partial charge < -0.3 is 15.4 Å². The fourth-order valence-corrected chi connectivity index (χ4v) is 2.20. The van der Waals surface area contributed by atoms with E-state index in [0.29, 0.717) is 11.4 Å². The normalized spacial score (nSPS) is 17.4. The fraction of sp³-hybridized carbons (Fsp3) is 0.545. The second kappa shape index (κ2) is 4.95. The van der Waals surface area contributed by atoms with Gasteiger partial charge in [0.1, 0.15) is 0 Å². The monoisotopic (exact) mass is 220 g/mol. The minimum absolute atomic E-state index is 0.443. The second-order valence-electron chi connectivity index (χ2n) is 4.36. The third-order valence-corrected chi connectivity index (χ3v) is 3.05. The van der Waals surface area contributed by atoms with Crippen LogP contribution in [0.4, 0.5) is 0 Å². The molecule has 0 aromatic carbocycles. The van der Waals surface area contributed by atoms with Gasteiger partial charge in [-0.25, -0.2) is 0 Å². The Morgan fingerprint density at radius 3 is 2.62 bits per heavy atom. The lowest BCUT2D eigenvalue weighted by atomic mass is 9.78. The van der Waals surface area contributed by atoms with E-state index in [1.165, 1.54) is 0 Å². The van der Waals surface area contributed by atoms with E-state index in [1.54, 1.807) is 6.07 Å². The molecule has 0 amide bonds. The summed E-state index contributed by atoms with van der Waals surface area (Å²) in [6, 6.07) is 3.53. The lowest BCUT2D eigenvalue weighted by Gasteiger charge is -2.22. The Bertz CT molecular complexity index is 365. The van der Waals surface area contributed by atoms with Crippen LogP contribution in [-0.2, 0) is 0 Å². The van der Waals surface area contributed by atoms with Crippen molar-refractivity contribution in [3.63, 3.8) is 0 Å². The van der Waals surface area contributed by atoms with Crippen molar-refractivity contribution >= 4 is 12.6 Å². The first-order valence-corrected chi connectivity index (χ1v) is 5.72. The lowest BCUT2D eigenvalue weighted by Crippen LogP contribution is -2.32. The van der Waals surface area contributed by atoms with E-state index in [1.807, 2.05) is 13.0 Å². The molecule has 1 saturated heterocycles. The van der Waals surface area contributed by atoms with E-state index in [4.69, 9.17) is 0 Å². The van der Waals surface area contributed by atoms with Crippen molar-refractivity contribution in [2.45, 2.75) is 25.7 Å². The highest BCUT2D eigenvalue weighted by atomic mass is 16.4. The standard InChI is InChI=1S/C11H17BN2O2/c1-8-6-10(12(15)16)7-11(14-8)9-2-4-13-5-3-9/h6-7,9,13,15-16H,2-5H2,1H3. The van der Waals surface area contributed by atoms with Crippen molar-refractivity contribution in [1.29, 1.82) is 0 Å². The van der Waals surface area contributed by atoms with Crippen molar-refractivity contribution in [1.82, 2.24) is 10.3 Å². The van der Waals surface area contributed by atoms with Gasteiger partial charge in [-0.05, 0) is 50.5 Å². The first-order chi connectivity index (χ1) is 7.66. The summed E-state index contributed by atoms with van der Waals surface area (Å²) in [7, 11) is -1.40. The molecule has 3 N–H and O–H groups in total. The smallest absolute Gasteiger partial charge is 0.423 e. The van der Waals surface area contributed by atoms with Gasteiger partial charge in [0.25, 0.3) is 0 Å². The number of pyridine rings is 1. The van der Waals surface area contributed by atoms with Crippen LogP contribution in [0.1, 0.15) is 30.1 Å². The highest BCUT2D eigenvalue weighted by molar-refractivity contribution is 6.58. The fourth-order valence-electron chi connectivity index (χ4n) is 2.20. The summed E-state index contributed by atoms with van der Waals surface area (Å²) in [6.45, 7) is 3.91. The zero-order chi connectivity index (χ0) is 11.5. The second-order valence-corrected chi connectivity index (χ2v) is 4.36. The van der Waals surface area contributed by atoms with E-state index in [0.717, 1.165) is 37.3 Å². The maximum absolute atomic E-state index is 9.19. The van der Waals surface area contributed by atoms with Gasteiger partial charge in [-0.2, -0.15) is 0 Å². The quantitative estimate of drug-likeness (QED) is 0.590. The summed E-state index contributed by atoms with van der Waals surface area (Å²) in [5.41, 5.74) is 2.38. The van der Waals surface area contributed by atoms with Crippen molar-refractivity contribution in [3.05, 3.63) is 23.5 Å². The molecule has 4 nitrogen and oxygen atoms in total. The van der Waals surface area contributed by atoms with E-state index in [2.05, 4.69) is 10.3 Å². The van der Waals surface area contributed by atoms with Gasteiger partial charge in [0.05, 0.1) is 0 Å². The highest BCUT2D eigenvalue weighted by Gasteiger charge is 2.19. The number of aryl methyl sites for hydroxylation is 1. The molecule has 1 aromatic heterocycles. The van der Waals surface area contributed by atoms with Crippen LogP contribution in [0.2, 0.25) is 0 Å². The molecule has 0 radical (unpaired) electrons. The topological polar surface area (TPSA) is 65.4 Å². The molecule has 0 aliphatic carbocycles. The van der Waals surface area contributed by atoms with Crippen molar-refractivity contribution in [3.8, 4) is 0 Å². The molecule has 0 atom stereocenters. The van der Waals surface area contributed by atoms with Crippen LogP contribution in [0, 0.1) is 6.92 Å². The van der Waals surface area contributed by atoms with E-state index in [-0.39, 0.29) is 0 Å². The van der Waals surface area contributed by atoms with Gasteiger partial charge in [-0.1, -0.05) is 0 Å². The molecular formula is C11H17BN2O2. The third-order valence-electron chi connectivity index (χ3n) is 3.05. The minimum atomic E-state index is -1.40. The van der Waals surface area contributed by atoms with Crippen LogP contribution < -0.4 is 10.8 Å². The molecule has 5 heteroatoms. The largest absolute Gasteiger partial charge is 0.488 e. The third kappa shape index (κ3) is 2.61. The molecule has 0 spiro atoms. The average molecular weight is 220 g/mol. The highest BCUT2D eigenvalue weighted by Crippen LogP contribution is 2.22. The maximum atomic E-state index is 9.19. The lowest BCUT2D eigenvalue weighted by molar-refractivity contribution is 0.425. The minimum Gasteiger partial charge on any atom is -0.423 e. The molecule has 1 aromatic rings. The Morgan fingerprint density at radius 2 is 2.00 bits per heavy atom. The van der Waals surface area contributed by atoms with Crippen molar-refractivity contribution < 1.29 is 10.0 Å². The maximum Gasteiger partial charge on any atom is 0.488 e. The van der Waals surface area contributed by atoms with Gasteiger partial charge in [0, 0.05) is 17.3 Å². The Morgan fingerprint density at radius 1 is 1.31 bits per heavy atom. The van der Waals surface area contributed by atoms with E-state index < -0.39 is 7.12 Å². The average Bonchev–Trinajstić information content (AvgIpc) is 2.29. The molecule has 0 saturated carbocycles. The Kier molecular flexibility index (Phi) is 3.58. The zero-order valence-corrected chi connectivity index (χ0v) is 9.48. The van der Waals surface area contributed by atoms with E-state index >= 15 is 0 Å². The summed E-state index contributed by atoms with van der Waals surface area (Å²) >= 11 is 0. The van der Waals surface area contributed by atoms with Crippen molar-refractivity contribution in [2.75, 3.05) is 13.1 Å². The van der Waals surface area contributed by atoms with Gasteiger partial charge in [-0.3, -0.25) is 4.98 Å². The molecule has 2 rings (SSSR count). The Hall–Kier alpha value is -0.905. The predicted molar refractivity (Wildman–Crippen MR) is 63.6 cm³/mol. The zero-order valence-electron chi connectivity index (χ0n) is 9.48. The Balaban J connectivity index is 2.25. The number of aromatic nitrogens is 1. The molecule has 0 bridgehead atoms. The van der Waals surface area contributed by atoms with Gasteiger partial charge in [0.15, 0.2) is 0 Å². The molecular weight excluding hydrogens is 203 g/mol. The van der Waals surface area contributed by atoms with Crippen LogP contribution in [0.3, 0.4) is 0 Å². The van der Waals surface area contributed by atoms with Gasteiger partial charge in [0.2, 0.25) is 0 Å². The molecule has 0 unspecified atom stereocenters. The molecule has 86 valence electrons. The summed E-state index contributed by atoms with van der Waals surface area (Å²) in [5, 5.41) is 21.7.